The van der Waals surface area contributed by atoms with Gasteiger partial charge in [0.1, 0.15) is 0 Å². The van der Waals surface area contributed by atoms with Crippen LogP contribution < -0.4 is 0 Å². The molecule has 1 heterocycles. The number of benzene rings is 1. The zero-order valence-corrected chi connectivity index (χ0v) is 15.3. The van der Waals surface area contributed by atoms with Crippen molar-refractivity contribution in [2.75, 3.05) is 13.2 Å². The zero-order valence-electron chi connectivity index (χ0n) is 15.3. The lowest BCUT2D eigenvalue weighted by Crippen LogP contribution is -2.32. The molecule has 134 valence electrons. The molecule has 1 aromatic rings. The quantitative estimate of drug-likeness (QED) is 0.683. The normalized spacial score (nSPS) is 24.5. The topological polar surface area (TPSA) is 38.7 Å². The second kappa shape index (κ2) is 9.36. The summed E-state index contributed by atoms with van der Waals surface area (Å²) >= 11 is 0. The second-order valence-corrected chi connectivity index (χ2v) is 7.29. The molecule has 1 saturated heterocycles. The molecule has 1 aliphatic rings. The van der Waals surface area contributed by atoms with Crippen LogP contribution in [0.1, 0.15) is 45.6 Å². The molecule has 3 atom stereocenters. The zero-order chi connectivity index (χ0) is 17.4. The van der Waals surface area contributed by atoms with Crippen molar-refractivity contribution in [1.82, 2.24) is 0 Å². The van der Waals surface area contributed by atoms with E-state index in [1.54, 1.807) is 6.08 Å². The Kier molecular flexibility index (Phi) is 7.47. The summed E-state index contributed by atoms with van der Waals surface area (Å²) in [4.78, 5) is 0. The summed E-state index contributed by atoms with van der Waals surface area (Å²) in [5.74, 6) is 0.505. The number of rotatable bonds is 9. The highest BCUT2D eigenvalue weighted by Crippen LogP contribution is 2.43. The van der Waals surface area contributed by atoms with Crippen molar-refractivity contribution < 1.29 is 14.6 Å². The van der Waals surface area contributed by atoms with Crippen molar-refractivity contribution in [2.24, 2.45) is 11.3 Å². The SMILES string of the molecule is CCC(CC1COC(CC=CCO)C1(C)C)OCc1ccccc1. The second-order valence-electron chi connectivity index (χ2n) is 7.29. The molecule has 24 heavy (non-hydrogen) atoms. The first kappa shape index (κ1) is 19.2. The van der Waals surface area contributed by atoms with Gasteiger partial charge in [-0.05, 0) is 36.2 Å². The molecule has 1 aromatic carbocycles. The summed E-state index contributed by atoms with van der Waals surface area (Å²) in [7, 11) is 0. The lowest BCUT2D eigenvalue weighted by molar-refractivity contribution is 0.0117. The standard InChI is InChI=1S/C21H32O3/c1-4-19(23-15-17-10-6-5-7-11-17)14-18-16-24-20(21(18,2)3)12-8-9-13-22/h5-11,18-20,22H,4,12-16H2,1-3H3. The van der Waals surface area contributed by atoms with E-state index >= 15 is 0 Å². The first-order valence-corrected chi connectivity index (χ1v) is 9.10. The Morgan fingerprint density at radius 3 is 2.71 bits per heavy atom. The molecule has 0 saturated carbocycles. The summed E-state index contributed by atoms with van der Waals surface area (Å²) in [6, 6.07) is 10.4. The van der Waals surface area contributed by atoms with Crippen LogP contribution in [0.2, 0.25) is 0 Å². The van der Waals surface area contributed by atoms with E-state index in [0.29, 0.717) is 12.5 Å². The predicted molar refractivity (Wildman–Crippen MR) is 97.8 cm³/mol. The fourth-order valence-corrected chi connectivity index (χ4v) is 3.42. The van der Waals surface area contributed by atoms with E-state index in [4.69, 9.17) is 14.6 Å². The van der Waals surface area contributed by atoms with Gasteiger partial charge < -0.3 is 14.6 Å². The fourth-order valence-electron chi connectivity index (χ4n) is 3.42. The Bertz CT molecular complexity index is 495. The minimum absolute atomic E-state index is 0.0990. The monoisotopic (exact) mass is 332 g/mol. The van der Waals surface area contributed by atoms with Gasteiger partial charge in [0.2, 0.25) is 0 Å². The van der Waals surface area contributed by atoms with Crippen molar-refractivity contribution in [2.45, 2.75) is 58.8 Å². The maximum atomic E-state index is 8.88. The Morgan fingerprint density at radius 2 is 2.04 bits per heavy atom. The number of ether oxygens (including phenoxy) is 2. The molecule has 2 rings (SSSR count). The fraction of sp³-hybridized carbons (Fsp3) is 0.619. The maximum Gasteiger partial charge on any atom is 0.0720 e. The molecule has 0 bridgehead atoms. The van der Waals surface area contributed by atoms with Gasteiger partial charge in [-0.25, -0.2) is 0 Å². The van der Waals surface area contributed by atoms with Crippen LogP contribution in [0.4, 0.5) is 0 Å². The number of aliphatic hydroxyl groups is 1. The van der Waals surface area contributed by atoms with Crippen LogP contribution in [0, 0.1) is 11.3 Å². The van der Waals surface area contributed by atoms with Crippen molar-refractivity contribution >= 4 is 0 Å². The van der Waals surface area contributed by atoms with Gasteiger partial charge in [-0.2, -0.15) is 0 Å². The molecule has 1 aliphatic heterocycles. The largest absolute Gasteiger partial charge is 0.392 e. The van der Waals surface area contributed by atoms with E-state index in [-0.39, 0.29) is 24.2 Å². The Hall–Kier alpha value is -1.16. The third-order valence-electron chi connectivity index (χ3n) is 5.33. The van der Waals surface area contributed by atoms with Gasteiger partial charge in [0.15, 0.2) is 0 Å². The van der Waals surface area contributed by atoms with Crippen LogP contribution in [-0.2, 0) is 16.1 Å². The summed E-state index contributed by atoms with van der Waals surface area (Å²) in [6.07, 6.45) is 7.24. The van der Waals surface area contributed by atoms with E-state index in [1.165, 1.54) is 5.56 Å². The lowest BCUT2D eigenvalue weighted by Gasteiger charge is -2.32. The van der Waals surface area contributed by atoms with Crippen LogP contribution in [-0.4, -0.2) is 30.5 Å². The van der Waals surface area contributed by atoms with Crippen molar-refractivity contribution in [3.05, 3.63) is 48.0 Å². The van der Waals surface area contributed by atoms with Gasteiger partial charge >= 0.3 is 0 Å². The highest BCUT2D eigenvalue weighted by molar-refractivity contribution is 5.13. The van der Waals surface area contributed by atoms with Gasteiger partial charge in [-0.1, -0.05) is 63.3 Å². The highest BCUT2D eigenvalue weighted by Gasteiger charge is 2.44. The predicted octanol–water partition coefficient (Wildman–Crippen LogP) is 4.35. The molecule has 1 fully saturated rings. The van der Waals surface area contributed by atoms with Crippen molar-refractivity contribution in [1.29, 1.82) is 0 Å². The van der Waals surface area contributed by atoms with Gasteiger partial charge in [0.25, 0.3) is 0 Å². The average molecular weight is 332 g/mol. The third-order valence-corrected chi connectivity index (χ3v) is 5.33. The van der Waals surface area contributed by atoms with Crippen LogP contribution in [0.5, 0.6) is 0 Å². The highest BCUT2D eigenvalue weighted by atomic mass is 16.5. The molecule has 3 unspecified atom stereocenters. The van der Waals surface area contributed by atoms with Gasteiger partial charge in [-0.3, -0.25) is 0 Å². The van der Waals surface area contributed by atoms with Crippen LogP contribution in [0.15, 0.2) is 42.5 Å². The molecule has 0 aliphatic carbocycles. The average Bonchev–Trinajstić information content (AvgIpc) is 2.87. The van der Waals surface area contributed by atoms with E-state index in [2.05, 4.69) is 45.0 Å². The van der Waals surface area contributed by atoms with E-state index in [9.17, 15) is 0 Å². The molecule has 0 aromatic heterocycles. The number of hydrogen-bond acceptors (Lipinski definition) is 3. The van der Waals surface area contributed by atoms with E-state index < -0.39 is 0 Å². The summed E-state index contributed by atoms with van der Waals surface area (Å²) in [5, 5.41) is 8.88. The third kappa shape index (κ3) is 5.17. The van der Waals surface area contributed by atoms with Crippen LogP contribution in [0.3, 0.4) is 0 Å². The van der Waals surface area contributed by atoms with Gasteiger partial charge in [0.05, 0.1) is 32.0 Å². The van der Waals surface area contributed by atoms with Gasteiger partial charge in [-0.15, -0.1) is 0 Å². The van der Waals surface area contributed by atoms with Gasteiger partial charge in [0, 0.05) is 0 Å². The summed E-state index contributed by atoms with van der Waals surface area (Å²) < 4.78 is 12.2. The lowest BCUT2D eigenvalue weighted by atomic mass is 9.73. The molecule has 3 heteroatoms. The Balaban J connectivity index is 1.87. The van der Waals surface area contributed by atoms with E-state index in [1.807, 2.05) is 12.1 Å². The minimum atomic E-state index is 0.0990. The molecule has 1 N–H and O–H groups in total. The smallest absolute Gasteiger partial charge is 0.0720 e. The number of aliphatic hydroxyl groups excluding tert-OH is 1. The number of hydrogen-bond donors (Lipinski definition) is 1. The maximum absolute atomic E-state index is 8.88. The molecule has 0 spiro atoms. The molecular weight excluding hydrogens is 300 g/mol. The minimum Gasteiger partial charge on any atom is -0.392 e. The van der Waals surface area contributed by atoms with Crippen LogP contribution >= 0.6 is 0 Å². The molecule has 0 amide bonds. The Labute approximate surface area is 146 Å². The molecule has 3 nitrogen and oxygen atoms in total. The first-order chi connectivity index (χ1) is 11.6. The Morgan fingerprint density at radius 1 is 1.29 bits per heavy atom. The molecular formula is C21H32O3. The van der Waals surface area contributed by atoms with E-state index in [0.717, 1.165) is 25.9 Å². The van der Waals surface area contributed by atoms with Crippen molar-refractivity contribution in [3.8, 4) is 0 Å². The first-order valence-electron chi connectivity index (χ1n) is 9.10. The molecule has 0 radical (unpaired) electrons. The van der Waals surface area contributed by atoms with Crippen molar-refractivity contribution in [3.63, 3.8) is 0 Å². The summed E-state index contributed by atoms with van der Waals surface area (Å²) in [6.45, 7) is 8.37. The summed E-state index contributed by atoms with van der Waals surface area (Å²) in [5.41, 5.74) is 1.36. The van der Waals surface area contributed by atoms with Crippen LogP contribution in [0.25, 0.3) is 0 Å².